The summed E-state index contributed by atoms with van der Waals surface area (Å²) in [5.41, 5.74) is 1.37. The normalized spacial score (nSPS) is 9.88. The molecular weight excluding hydrogens is 234 g/mol. The van der Waals surface area contributed by atoms with E-state index >= 15 is 0 Å². The van der Waals surface area contributed by atoms with Gasteiger partial charge in [0.15, 0.2) is 11.5 Å². The molecule has 0 spiro atoms. The number of hydrogen-bond acceptors (Lipinski definition) is 6. The van der Waals surface area contributed by atoms with Gasteiger partial charge in [0.1, 0.15) is 6.07 Å². The lowest BCUT2D eigenvalue weighted by molar-refractivity contribution is 0.970. The van der Waals surface area contributed by atoms with E-state index in [-0.39, 0.29) is 0 Å². The van der Waals surface area contributed by atoms with Crippen molar-refractivity contribution in [3.05, 3.63) is 34.2 Å². The van der Waals surface area contributed by atoms with Crippen LogP contribution in [-0.2, 0) is 6.42 Å². The predicted molar refractivity (Wildman–Crippen MR) is 65.8 cm³/mol. The molecule has 6 heteroatoms. The summed E-state index contributed by atoms with van der Waals surface area (Å²) in [6.45, 7) is 2.67. The first-order valence-corrected chi connectivity index (χ1v) is 6.03. The Labute approximate surface area is 103 Å². The molecule has 2 aromatic heterocycles. The number of nitriles is 1. The van der Waals surface area contributed by atoms with Gasteiger partial charge in [-0.05, 0) is 6.92 Å². The fourth-order valence-electron chi connectivity index (χ4n) is 1.35. The molecule has 0 radical (unpaired) electrons. The predicted octanol–water partition coefficient (Wildman–Crippen LogP) is 1.77. The molecule has 0 saturated heterocycles. The van der Waals surface area contributed by atoms with Gasteiger partial charge in [-0.15, -0.1) is 11.3 Å². The van der Waals surface area contributed by atoms with Crippen molar-refractivity contribution in [2.75, 3.05) is 11.9 Å². The van der Waals surface area contributed by atoms with Gasteiger partial charge in [-0.3, -0.25) is 0 Å². The second-order valence-electron chi connectivity index (χ2n) is 3.42. The second-order valence-corrected chi connectivity index (χ2v) is 4.37. The quantitative estimate of drug-likeness (QED) is 0.888. The molecule has 0 amide bonds. The summed E-state index contributed by atoms with van der Waals surface area (Å²) in [6.07, 6.45) is 3.89. The highest BCUT2D eigenvalue weighted by Crippen LogP contribution is 2.10. The molecule has 0 atom stereocenters. The molecule has 5 nitrogen and oxygen atoms in total. The summed E-state index contributed by atoms with van der Waals surface area (Å²) >= 11 is 1.64. The Bertz CT molecular complexity index is 543. The molecule has 0 aliphatic rings. The number of nitrogens with one attached hydrogen (secondary N) is 1. The van der Waals surface area contributed by atoms with Crippen LogP contribution in [0.25, 0.3) is 0 Å². The third kappa shape index (κ3) is 2.98. The van der Waals surface area contributed by atoms with Crippen LogP contribution in [-0.4, -0.2) is 21.5 Å². The fourth-order valence-corrected chi connectivity index (χ4v) is 2.13. The van der Waals surface area contributed by atoms with Crippen molar-refractivity contribution >= 4 is 17.2 Å². The number of thiazole rings is 1. The summed E-state index contributed by atoms with van der Waals surface area (Å²) in [5.74, 6) is 0.531. The van der Waals surface area contributed by atoms with Crippen LogP contribution in [0, 0.1) is 18.3 Å². The molecule has 0 aliphatic heterocycles. The summed E-state index contributed by atoms with van der Waals surface area (Å²) in [7, 11) is 0. The Morgan fingerprint density at radius 2 is 2.24 bits per heavy atom. The van der Waals surface area contributed by atoms with Crippen molar-refractivity contribution in [1.29, 1.82) is 5.26 Å². The Kier molecular flexibility index (Phi) is 3.62. The van der Waals surface area contributed by atoms with Crippen molar-refractivity contribution in [2.24, 2.45) is 0 Å². The molecule has 0 saturated carbocycles. The van der Waals surface area contributed by atoms with Gasteiger partial charge in [0.05, 0.1) is 5.01 Å². The van der Waals surface area contributed by atoms with Crippen LogP contribution in [0.15, 0.2) is 17.8 Å². The SMILES string of the molecule is Cc1csc(CCNc2nccnc2C#N)n1. The van der Waals surface area contributed by atoms with E-state index in [1.54, 1.807) is 17.5 Å². The van der Waals surface area contributed by atoms with E-state index in [4.69, 9.17) is 5.26 Å². The van der Waals surface area contributed by atoms with Crippen molar-refractivity contribution in [3.63, 3.8) is 0 Å². The van der Waals surface area contributed by atoms with E-state index < -0.39 is 0 Å². The van der Waals surface area contributed by atoms with Crippen molar-refractivity contribution in [1.82, 2.24) is 15.0 Å². The van der Waals surface area contributed by atoms with E-state index in [1.165, 1.54) is 6.20 Å². The first kappa shape index (κ1) is 11.5. The summed E-state index contributed by atoms with van der Waals surface area (Å²) in [6, 6.07) is 2.00. The van der Waals surface area contributed by atoms with Gasteiger partial charge in [0.25, 0.3) is 0 Å². The smallest absolute Gasteiger partial charge is 0.182 e. The second kappa shape index (κ2) is 5.37. The molecule has 1 N–H and O–H groups in total. The highest BCUT2D eigenvalue weighted by molar-refractivity contribution is 7.09. The summed E-state index contributed by atoms with van der Waals surface area (Å²) in [4.78, 5) is 12.4. The number of rotatable bonds is 4. The van der Waals surface area contributed by atoms with E-state index in [0.29, 0.717) is 18.1 Å². The molecule has 0 bridgehead atoms. The largest absolute Gasteiger partial charge is 0.367 e. The minimum atomic E-state index is 0.322. The number of aryl methyl sites for hydroxylation is 1. The van der Waals surface area contributed by atoms with Gasteiger partial charge in [-0.1, -0.05) is 0 Å². The Balaban J connectivity index is 1.92. The average Bonchev–Trinajstić information content (AvgIpc) is 2.76. The average molecular weight is 245 g/mol. The van der Waals surface area contributed by atoms with Gasteiger partial charge >= 0.3 is 0 Å². The van der Waals surface area contributed by atoms with E-state index in [9.17, 15) is 0 Å². The van der Waals surface area contributed by atoms with Crippen LogP contribution in [0.4, 0.5) is 5.82 Å². The zero-order valence-electron chi connectivity index (χ0n) is 9.34. The number of aromatic nitrogens is 3. The lowest BCUT2D eigenvalue weighted by atomic mass is 10.4. The minimum Gasteiger partial charge on any atom is -0.367 e. The fraction of sp³-hybridized carbons (Fsp3) is 0.273. The van der Waals surface area contributed by atoms with Crippen LogP contribution in [0.1, 0.15) is 16.4 Å². The van der Waals surface area contributed by atoms with Gasteiger partial charge in [0, 0.05) is 36.4 Å². The maximum atomic E-state index is 8.84. The van der Waals surface area contributed by atoms with Crippen molar-refractivity contribution in [2.45, 2.75) is 13.3 Å². The zero-order valence-corrected chi connectivity index (χ0v) is 10.2. The molecular formula is C11H11N5S. The highest BCUT2D eigenvalue weighted by Gasteiger charge is 2.03. The molecule has 2 heterocycles. The molecule has 0 fully saturated rings. The molecule has 2 aromatic rings. The topological polar surface area (TPSA) is 74.5 Å². The molecule has 0 unspecified atom stereocenters. The molecule has 2 rings (SSSR count). The number of nitrogens with zero attached hydrogens (tertiary/aromatic N) is 4. The monoisotopic (exact) mass is 245 g/mol. The third-order valence-electron chi connectivity index (χ3n) is 2.10. The maximum absolute atomic E-state index is 8.84. The third-order valence-corrected chi connectivity index (χ3v) is 3.13. The minimum absolute atomic E-state index is 0.322. The maximum Gasteiger partial charge on any atom is 0.182 e. The van der Waals surface area contributed by atoms with Crippen LogP contribution >= 0.6 is 11.3 Å². The van der Waals surface area contributed by atoms with E-state index in [1.807, 2.05) is 18.4 Å². The lowest BCUT2D eigenvalue weighted by Gasteiger charge is -2.04. The first-order valence-electron chi connectivity index (χ1n) is 5.15. The number of anilines is 1. The lowest BCUT2D eigenvalue weighted by Crippen LogP contribution is -2.08. The van der Waals surface area contributed by atoms with Crippen molar-refractivity contribution in [3.8, 4) is 6.07 Å². The standard InChI is InChI=1S/C11H11N5S/c1-8-7-17-10(16-8)2-3-14-11-9(6-12)13-4-5-15-11/h4-5,7H,2-3H2,1H3,(H,14,15). The van der Waals surface area contributed by atoms with E-state index in [2.05, 4.69) is 20.3 Å². The first-order chi connectivity index (χ1) is 8.29. The van der Waals surface area contributed by atoms with E-state index in [0.717, 1.165) is 17.1 Å². The molecule has 86 valence electrons. The summed E-state index contributed by atoms with van der Waals surface area (Å²) < 4.78 is 0. The van der Waals surface area contributed by atoms with Gasteiger partial charge in [0.2, 0.25) is 0 Å². The molecule has 0 aromatic carbocycles. The van der Waals surface area contributed by atoms with Crippen LogP contribution < -0.4 is 5.32 Å². The van der Waals surface area contributed by atoms with Gasteiger partial charge in [-0.25, -0.2) is 15.0 Å². The Morgan fingerprint density at radius 1 is 1.41 bits per heavy atom. The Morgan fingerprint density at radius 3 is 2.94 bits per heavy atom. The highest BCUT2D eigenvalue weighted by atomic mass is 32.1. The number of hydrogen-bond donors (Lipinski definition) is 1. The molecule has 0 aliphatic carbocycles. The van der Waals surface area contributed by atoms with Crippen molar-refractivity contribution < 1.29 is 0 Å². The van der Waals surface area contributed by atoms with Crippen LogP contribution in [0.2, 0.25) is 0 Å². The summed E-state index contributed by atoms with van der Waals surface area (Å²) in [5, 5.41) is 15.0. The molecule has 17 heavy (non-hydrogen) atoms. The Hall–Kier alpha value is -2.00. The van der Waals surface area contributed by atoms with Gasteiger partial charge < -0.3 is 5.32 Å². The van der Waals surface area contributed by atoms with Gasteiger partial charge in [-0.2, -0.15) is 5.26 Å². The zero-order chi connectivity index (χ0) is 12.1. The van der Waals surface area contributed by atoms with Crippen LogP contribution in [0.5, 0.6) is 0 Å². The van der Waals surface area contributed by atoms with Crippen LogP contribution in [0.3, 0.4) is 0 Å².